The summed E-state index contributed by atoms with van der Waals surface area (Å²) in [4.78, 5) is 17.1. The van der Waals surface area contributed by atoms with Crippen LogP contribution in [0.4, 0.5) is 0 Å². The maximum atomic E-state index is 11.5. The van der Waals surface area contributed by atoms with E-state index in [0.717, 1.165) is 16.2 Å². The summed E-state index contributed by atoms with van der Waals surface area (Å²) in [6.45, 7) is 0.579. The molecule has 0 unspecified atom stereocenters. The topological polar surface area (TPSA) is 82.8 Å². The van der Waals surface area contributed by atoms with Gasteiger partial charge in [-0.1, -0.05) is 29.0 Å². The van der Waals surface area contributed by atoms with Crippen LogP contribution in [0.2, 0.25) is 5.15 Å². The fourth-order valence-corrected chi connectivity index (χ4v) is 4.43. The molecule has 0 N–H and O–H groups in total. The predicted octanol–water partition coefficient (Wildman–Crippen LogP) is 2.83. The van der Waals surface area contributed by atoms with E-state index in [-0.39, 0.29) is 10.0 Å². The number of rotatable bonds is 5. The molecule has 0 saturated carbocycles. The average molecular weight is 374 g/mol. The number of thiophene rings is 1. The summed E-state index contributed by atoms with van der Waals surface area (Å²) in [5.41, 5.74) is 0. The first kappa shape index (κ1) is 15.4. The lowest BCUT2D eigenvalue weighted by atomic mass is 10.5. The molecule has 0 atom stereocenters. The van der Waals surface area contributed by atoms with E-state index in [0.29, 0.717) is 16.0 Å². The fraction of sp³-hybridized carbons (Fsp3) is 0.182. The average Bonchev–Trinajstić information content (AvgIpc) is 3.22. The van der Waals surface area contributed by atoms with Crippen LogP contribution in [0.5, 0.6) is 0 Å². The molecule has 0 spiro atoms. The van der Waals surface area contributed by atoms with E-state index >= 15 is 0 Å². The molecule has 0 radical (unpaired) electrons. The van der Waals surface area contributed by atoms with Gasteiger partial charge in [0, 0.05) is 4.88 Å². The molecule has 114 valence electrons. The smallest absolute Gasteiger partial charge is 0.351 e. The molecule has 3 aromatic rings. The van der Waals surface area contributed by atoms with Gasteiger partial charge in [-0.15, -0.1) is 16.4 Å². The molecule has 0 aromatic carbocycles. The number of carbonyl (C=O) groups is 1. The number of esters is 1. The molecule has 22 heavy (non-hydrogen) atoms. The van der Waals surface area contributed by atoms with E-state index in [1.807, 2.05) is 17.5 Å². The Kier molecular flexibility index (Phi) is 4.71. The lowest BCUT2D eigenvalue weighted by molar-refractivity contribution is 0.0606. The Labute approximate surface area is 142 Å². The third kappa shape index (κ3) is 3.29. The van der Waals surface area contributed by atoms with Crippen LogP contribution in [0.25, 0.3) is 0 Å². The van der Waals surface area contributed by atoms with Crippen LogP contribution >= 0.6 is 46.0 Å². The van der Waals surface area contributed by atoms with Crippen LogP contribution in [0, 0.1) is 0 Å². The second kappa shape index (κ2) is 6.73. The van der Waals surface area contributed by atoms with Crippen LogP contribution in [-0.4, -0.2) is 38.3 Å². The molecule has 0 aliphatic rings. The Morgan fingerprint density at radius 1 is 1.55 bits per heavy atom. The standard InChI is InChI=1S/C11H8ClN5O2S3/c1-19-9(18)7-8(12)13-11(21-7)22-10-14-15-16-17(10)5-6-3-2-4-20-6/h2-4H,5H2,1H3. The van der Waals surface area contributed by atoms with Crippen molar-refractivity contribution in [2.45, 2.75) is 16.0 Å². The highest BCUT2D eigenvalue weighted by molar-refractivity contribution is 8.00. The zero-order valence-electron chi connectivity index (χ0n) is 11.1. The Morgan fingerprint density at radius 3 is 3.14 bits per heavy atom. The van der Waals surface area contributed by atoms with E-state index in [4.69, 9.17) is 11.6 Å². The van der Waals surface area contributed by atoms with Crippen molar-refractivity contribution in [2.75, 3.05) is 7.11 Å². The molecule has 3 aromatic heterocycles. The van der Waals surface area contributed by atoms with Crippen molar-refractivity contribution in [1.82, 2.24) is 25.2 Å². The second-order valence-electron chi connectivity index (χ2n) is 3.89. The number of methoxy groups -OCH3 is 1. The predicted molar refractivity (Wildman–Crippen MR) is 83.8 cm³/mol. The Balaban J connectivity index is 1.79. The maximum absolute atomic E-state index is 11.5. The van der Waals surface area contributed by atoms with Crippen LogP contribution in [0.15, 0.2) is 27.0 Å². The molecular formula is C11H8ClN5O2S3. The monoisotopic (exact) mass is 373 g/mol. The molecule has 0 aliphatic heterocycles. The van der Waals surface area contributed by atoms with Gasteiger partial charge in [0.2, 0.25) is 5.16 Å². The Hall–Kier alpha value is -1.49. The first-order valence-electron chi connectivity index (χ1n) is 5.88. The summed E-state index contributed by atoms with van der Waals surface area (Å²) in [7, 11) is 1.30. The van der Waals surface area contributed by atoms with Crippen molar-refractivity contribution >= 4 is 52.0 Å². The van der Waals surface area contributed by atoms with Gasteiger partial charge in [-0.05, 0) is 33.6 Å². The van der Waals surface area contributed by atoms with Gasteiger partial charge in [0.15, 0.2) is 14.4 Å². The van der Waals surface area contributed by atoms with E-state index in [1.54, 1.807) is 16.0 Å². The van der Waals surface area contributed by atoms with E-state index in [1.165, 1.54) is 18.9 Å². The van der Waals surface area contributed by atoms with Crippen molar-refractivity contribution in [3.05, 3.63) is 32.4 Å². The zero-order valence-corrected chi connectivity index (χ0v) is 14.3. The van der Waals surface area contributed by atoms with E-state index in [9.17, 15) is 4.79 Å². The van der Waals surface area contributed by atoms with Crippen molar-refractivity contribution in [1.29, 1.82) is 0 Å². The lowest BCUT2D eigenvalue weighted by Gasteiger charge is -2.00. The largest absolute Gasteiger partial charge is 0.465 e. The molecule has 0 fully saturated rings. The third-order valence-corrected chi connectivity index (χ3v) is 5.82. The number of carbonyl (C=O) groups excluding carboxylic acids is 1. The molecule has 0 bridgehead atoms. The number of nitrogens with zero attached hydrogens (tertiary/aromatic N) is 5. The number of aromatic nitrogens is 5. The molecule has 11 heteroatoms. The molecule has 0 saturated heterocycles. The number of hydrogen-bond acceptors (Lipinski definition) is 9. The first-order valence-corrected chi connectivity index (χ1v) is 8.77. The summed E-state index contributed by atoms with van der Waals surface area (Å²) in [6, 6.07) is 3.98. The molecule has 0 amide bonds. The minimum Gasteiger partial charge on any atom is -0.465 e. The van der Waals surface area contributed by atoms with Crippen LogP contribution in [0.1, 0.15) is 14.5 Å². The van der Waals surface area contributed by atoms with Gasteiger partial charge in [0.25, 0.3) is 0 Å². The minimum absolute atomic E-state index is 0.122. The quantitative estimate of drug-likeness (QED) is 0.636. The normalized spacial score (nSPS) is 10.8. The van der Waals surface area contributed by atoms with E-state index in [2.05, 4.69) is 25.2 Å². The van der Waals surface area contributed by atoms with Gasteiger partial charge >= 0.3 is 5.97 Å². The van der Waals surface area contributed by atoms with Gasteiger partial charge in [-0.3, -0.25) is 0 Å². The highest BCUT2D eigenvalue weighted by Gasteiger charge is 2.19. The first-order chi connectivity index (χ1) is 10.7. The number of halogens is 1. The van der Waals surface area contributed by atoms with Crippen molar-refractivity contribution in [3.8, 4) is 0 Å². The van der Waals surface area contributed by atoms with Gasteiger partial charge < -0.3 is 4.74 Å². The van der Waals surface area contributed by atoms with Gasteiger partial charge in [0.1, 0.15) is 0 Å². The molecular weight excluding hydrogens is 366 g/mol. The number of ether oxygens (including phenoxy) is 1. The summed E-state index contributed by atoms with van der Waals surface area (Å²) >= 11 is 9.97. The highest BCUT2D eigenvalue weighted by Crippen LogP contribution is 2.34. The lowest BCUT2D eigenvalue weighted by Crippen LogP contribution is -2.02. The Bertz CT molecular complexity index is 786. The molecule has 3 rings (SSSR count). The molecule has 0 aliphatic carbocycles. The second-order valence-corrected chi connectivity index (χ2v) is 7.50. The number of thiazole rings is 1. The zero-order chi connectivity index (χ0) is 15.5. The van der Waals surface area contributed by atoms with E-state index < -0.39 is 5.97 Å². The van der Waals surface area contributed by atoms with Crippen molar-refractivity contribution in [2.24, 2.45) is 0 Å². The molecule has 7 nitrogen and oxygen atoms in total. The summed E-state index contributed by atoms with van der Waals surface area (Å²) in [5.74, 6) is -0.507. The van der Waals surface area contributed by atoms with Crippen LogP contribution in [0.3, 0.4) is 0 Å². The van der Waals surface area contributed by atoms with Crippen molar-refractivity contribution in [3.63, 3.8) is 0 Å². The van der Waals surface area contributed by atoms with Crippen molar-refractivity contribution < 1.29 is 9.53 Å². The number of hydrogen-bond donors (Lipinski definition) is 0. The van der Waals surface area contributed by atoms with Gasteiger partial charge in [-0.25, -0.2) is 14.5 Å². The highest BCUT2D eigenvalue weighted by atomic mass is 35.5. The van der Waals surface area contributed by atoms with Crippen LogP contribution in [-0.2, 0) is 11.3 Å². The van der Waals surface area contributed by atoms with Gasteiger partial charge in [-0.2, -0.15) is 0 Å². The van der Waals surface area contributed by atoms with Gasteiger partial charge in [0.05, 0.1) is 13.7 Å². The minimum atomic E-state index is -0.507. The number of tetrazole rings is 1. The molecule has 3 heterocycles. The summed E-state index contributed by atoms with van der Waals surface area (Å²) < 4.78 is 6.90. The Morgan fingerprint density at radius 2 is 2.41 bits per heavy atom. The van der Waals surface area contributed by atoms with Crippen LogP contribution < -0.4 is 0 Å². The third-order valence-electron chi connectivity index (χ3n) is 2.50. The summed E-state index contributed by atoms with van der Waals surface area (Å²) in [5, 5.41) is 14.3. The SMILES string of the molecule is COC(=O)c1sc(Sc2nnnn2Cc2cccs2)nc1Cl. The summed E-state index contributed by atoms with van der Waals surface area (Å²) in [6.07, 6.45) is 0. The maximum Gasteiger partial charge on any atom is 0.351 e. The fourth-order valence-electron chi connectivity index (χ4n) is 1.54.